The number of nitrogens with one attached hydrogen (secondary N) is 1. The van der Waals surface area contributed by atoms with E-state index in [1.54, 1.807) is 24.0 Å². The lowest BCUT2D eigenvalue weighted by atomic mass is 9.93. The van der Waals surface area contributed by atoms with Crippen LogP contribution in [0.25, 0.3) is 11.1 Å². The summed E-state index contributed by atoms with van der Waals surface area (Å²) in [5, 5.41) is 14.3. The van der Waals surface area contributed by atoms with E-state index in [2.05, 4.69) is 41.1 Å². The Labute approximate surface area is 250 Å². The summed E-state index contributed by atoms with van der Waals surface area (Å²) in [6.45, 7) is 9.43. The van der Waals surface area contributed by atoms with Gasteiger partial charge in [-0.25, -0.2) is 4.79 Å². The highest BCUT2D eigenvalue weighted by atomic mass is 35.5. The minimum Gasteiger partial charge on any atom is -0.389 e. The number of carbonyl (C=O) groups excluding carboxylic acids is 1. The maximum absolute atomic E-state index is 13.5. The first-order valence-corrected chi connectivity index (χ1v) is 14.9. The standard InChI is InChI=1S/C31H33Cl3N4O2/c1-17(2)37-16-21-12-22(37)15-36(21)14-19-8-24(23-6-4-5-7-26(23)32)25-13-35-31(40)38(29(25)9-19)30-27(33)10-20(18(3)39)11-28(30)34/h4-11,17-18,21-22,39H,12-16H2,1-3H3,(H,35,40). The van der Waals surface area contributed by atoms with E-state index in [9.17, 15) is 9.90 Å². The molecule has 2 saturated heterocycles. The van der Waals surface area contributed by atoms with Crippen LogP contribution in [0.5, 0.6) is 0 Å². The Balaban J connectivity index is 1.46. The second-order valence-electron chi connectivity index (χ2n) is 11.4. The molecule has 2 fully saturated rings. The van der Waals surface area contributed by atoms with Crippen LogP contribution in [0.2, 0.25) is 15.1 Å². The van der Waals surface area contributed by atoms with Crippen LogP contribution in [0.1, 0.15) is 50.0 Å². The number of hydrogen-bond acceptors (Lipinski definition) is 4. The molecule has 0 radical (unpaired) electrons. The average molecular weight is 600 g/mol. The second kappa shape index (κ2) is 10.8. The van der Waals surface area contributed by atoms with Crippen LogP contribution in [0.15, 0.2) is 48.5 Å². The number of halogens is 3. The van der Waals surface area contributed by atoms with Crippen molar-refractivity contribution in [2.45, 2.75) is 64.5 Å². The molecular formula is C31H33Cl3N4O2. The van der Waals surface area contributed by atoms with Crippen LogP contribution < -0.4 is 10.2 Å². The molecule has 9 heteroatoms. The molecule has 0 spiro atoms. The van der Waals surface area contributed by atoms with Gasteiger partial charge in [-0.2, -0.15) is 0 Å². The van der Waals surface area contributed by atoms with Crippen molar-refractivity contribution < 1.29 is 9.90 Å². The molecule has 6 nitrogen and oxygen atoms in total. The van der Waals surface area contributed by atoms with Gasteiger partial charge in [0, 0.05) is 60.5 Å². The van der Waals surface area contributed by atoms with Gasteiger partial charge in [0.15, 0.2) is 0 Å². The van der Waals surface area contributed by atoms with Gasteiger partial charge in [-0.15, -0.1) is 0 Å². The fourth-order valence-electron chi connectivity index (χ4n) is 6.57. The number of amides is 2. The van der Waals surface area contributed by atoms with Crippen LogP contribution in [-0.2, 0) is 13.1 Å². The Kier molecular flexibility index (Phi) is 7.53. The highest BCUT2D eigenvalue weighted by Gasteiger charge is 2.44. The average Bonchev–Trinajstić information content (AvgIpc) is 3.50. The van der Waals surface area contributed by atoms with Crippen molar-refractivity contribution in [3.63, 3.8) is 0 Å². The summed E-state index contributed by atoms with van der Waals surface area (Å²) in [5.74, 6) is 0. The number of piperazine rings is 1. The second-order valence-corrected chi connectivity index (χ2v) is 12.6. The number of urea groups is 1. The third kappa shape index (κ3) is 4.89. The van der Waals surface area contributed by atoms with Crippen LogP contribution in [0, 0.1) is 0 Å². The van der Waals surface area contributed by atoms with Crippen molar-refractivity contribution in [1.82, 2.24) is 15.1 Å². The molecule has 0 saturated carbocycles. The first kappa shape index (κ1) is 27.8. The zero-order valence-electron chi connectivity index (χ0n) is 22.8. The zero-order valence-corrected chi connectivity index (χ0v) is 25.1. The third-order valence-electron chi connectivity index (χ3n) is 8.50. The molecule has 40 heavy (non-hydrogen) atoms. The molecule has 3 atom stereocenters. The molecule has 3 aromatic rings. The summed E-state index contributed by atoms with van der Waals surface area (Å²) in [4.78, 5) is 20.2. The molecule has 6 rings (SSSR count). The van der Waals surface area contributed by atoms with E-state index in [0.29, 0.717) is 51.0 Å². The first-order chi connectivity index (χ1) is 19.1. The molecule has 0 aliphatic carbocycles. The third-order valence-corrected chi connectivity index (χ3v) is 9.41. The fraction of sp³-hybridized carbons (Fsp3) is 0.387. The topological polar surface area (TPSA) is 59.1 Å². The Morgan fingerprint density at radius 3 is 2.30 bits per heavy atom. The minimum atomic E-state index is -0.743. The zero-order chi connectivity index (χ0) is 28.3. The van der Waals surface area contributed by atoms with Gasteiger partial charge >= 0.3 is 6.03 Å². The number of carbonyl (C=O) groups is 1. The Hall–Kier alpha value is -2.32. The lowest BCUT2D eigenvalue weighted by Gasteiger charge is -2.37. The number of fused-ring (bicyclic) bond motifs is 3. The molecular weight excluding hydrogens is 567 g/mol. The van der Waals surface area contributed by atoms with E-state index in [4.69, 9.17) is 34.8 Å². The van der Waals surface area contributed by atoms with Crippen molar-refractivity contribution in [2.75, 3.05) is 18.0 Å². The lowest BCUT2D eigenvalue weighted by Crippen LogP contribution is -2.48. The van der Waals surface area contributed by atoms with Crippen LogP contribution >= 0.6 is 34.8 Å². The van der Waals surface area contributed by atoms with Crippen LogP contribution in [0.4, 0.5) is 16.2 Å². The number of nitrogens with zero attached hydrogens (tertiary/aromatic N) is 3. The fourth-order valence-corrected chi connectivity index (χ4v) is 7.48. The predicted octanol–water partition coefficient (Wildman–Crippen LogP) is 7.40. The Morgan fingerprint density at radius 1 is 0.950 bits per heavy atom. The molecule has 3 unspecified atom stereocenters. The summed E-state index contributed by atoms with van der Waals surface area (Å²) in [6, 6.07) is 16.8. The molecule has 3 aliphatic heterocycles. The lowest BCUT2D eigenvalue weighted by molar-refractivity contribution is 0.0999. The number of rotatable bonds is 6. The number of benzene rings is 3. The van der Waals surface area contributed by atoms with Crippen molar-refractivity contribution in [3.05, 3.63) is 80.3 Å². The van der Waals surface area contributed by atoms with Gasteiger partial charge < -0.3 is 10.4 Å². The molecule has 3 aromatic carbocycles. The maximum atomic E-state index is 13.5. The molecule has 3 aliphatic rings. The highest BCUT2D eigenvalue weighted by molar-refractivity contribution is 6.40. The molecule has 2 N–H and O–H groups in total. The summed E-state index contributed by atoms with van der Waals surface area (Å²) in [6.07, 6.45) is 0.447. The van der Waals surface area contributed by atoms with E-state index in [1.165, 1.54) is 6.42 Å². The van der Waals surface area contributed by atoms with Crippen molar-refractivity contribution in [3.8, 4) is 11.1 Å². The van der Waals surface area contributed by atoms with E-state index in [0.717, 1.165) is 47.6 Å². The summed E-state index contributed by atoms with van der Waals surface area (Å²) >= 11 is 20.2. The number of aliphatic hydroxyl groups excluding tert-OH is 1. The molecule has 2 amide bonds. The van der Waals surface area contributed by atoms with Crippen LogP contribution in [-0.4, -0.2) is 52.2 Å². The molecule has 0 aromatic heterocycles. The van der Waals surface area contributed by atoms with Crippen molar-refractivity contribution >= 4 is 52.2 Å². The van der Waals surface area contributed by atoms with Gasteiger partial charge in [0.1, 0.15) is 0 Å². The number of anilines is 2. The van der Waals surface area contributed by atoms with Gasteiger partial charge in [-0.05, 0) is 74.2 Å². The van der Waals surface area contributed by atoms with Gasteiger partial charge in [-0.1, -0.05) is 53.0 Å². The van der Waals surface area contributed by atoms with E-state index in [-0.39, 0.29) is 6.03 Å². The SMILES string of the molecule is CC(O)c1cc(Cl)c(N2C(=O)NCc3c(-c4ccccc4Cl)cc(CN4CC5CC4CN5C(C)C)cc32)c(Cl)c1. The van der Waals surface area contributed by atoms with Crippen LogP contribution in [0.3, 0.4) is 0 Å². The number of likely N-dealkylation sites (tertiary alicyclic amines) is 2. The molecule has 3 heterocycles. The van der Waals surface area contributed by atoms with Gasteiger partial charge in [0.25, 0.3) is 0 Å². The van der Waals surface area contributed by atoms with E-state index in [1.807, 2.05) is 24.3 Å². The largest absolute Gasteiger partial charge is 0.389 e. The van der Waals surface area contributed by atoms with Crippen molar-refractivity contribution in [1.29, 1.82) is 0 Å². The highest BCUT2D eigenvalue weighted by Crippen LogP contribution is 2.46. The first-order valence-electron chi connectivity index (χ1n) is 13.8. The monoisotopic (exact) mass is 598 g/mol. The summed E-state index contributed by atoms with van der Waals surface area (Å²) in [7, 11) is 0. The minimum absolute atomic E-state index is 0.293. The predicted molar refractivity (Wildman–Crippen MR) is 163 cm³/mol. The van der Waals surface area contributed by atoms with E-state index < -0.39 is 6.10 Å². The number of aliphatic hydroxyl groups is 1. The van der Waals surface area contributed by atoms with Gasteiger partial charge in [-0.3, -0.25) is 14.7 Å². The summed E-state index contributed by atoms with van der Waals surface area (Å²) in [5.41, 5.74) is 5.64. The Bertz CT molecular complexity index is 1450. The molecule has 2 bridgehead atoms. The van der Waals surface area contributed by atoms with E-state index >= 15 is 0 Å². The quantitative estimate of drug-likeness (QED) is 0.310. The van der Waals surface area contributed by atoms with Gasteiger partial charge in [0.05, 0.1) is 27.5 Å². The smallest absolute Gasteiger partial charge is 0.326 e. The molecule has 210 valence electrons. The Morgan fingerprint density at radius 2 is 1.68 bits per heavy atom. The summed E-state index contributed by atoms with van der Waals surface area (Å²) < 4.78 is 0. The van der Waals surface area contributed by atoms with Gasteiger partial charge in [0.2, 0.25) is 0 Å². The van der Waals surface area contributed by atoms with Crippen molar-refractivity contribution in [2.24, 2.45) is 0 Å². The normalized spacial score (nSPS) is 21.7. The number of hydrogen-bond donors (Lipinski definition) is 2. The maximum Gasteiger partial charge on any atom is 0.326 e.